The van der Waals surface area contributed by atoms with Gasteiger partial charge in [0.05, 0.1) is 26.7 Å². The van der Waals surface area contributed by atoms with Crippen LogP contribution < -0.4 is 0 Å². The van der Waals surface area contributed by atoms with E-state index in [0.717, 1.165) is 21.5 Å². The second kappa shape index (κ2) is 5.19. The Bertz CT molecular complexity index is 631. The minimum atomic E-state index is -0.833. The van der Waals surface area contributed by atoms with Crippen LogP contribution in [-0.2, 0) is 5.60 Å². The fraction of sp³-hybridized carbons (Fsp3) is 0.474. The first-order valence-corrected chi connectivity index (χ1v) is 9.15. The Morgan fingerprint density at radius 2 is 1.82 bits per heavy atom. The number of hydrogen-bond acceptors (Lipinski definition) is 2. The topological polar surface area (TPSA) is 20.2 Å². The Hall–Kier alpha value is -1.16. The minimum Gasteiger partial charge on any atom is -0.379 e. The molecular formula is C19H24NOS+. The Morgan fingerprint density at radius 3 is 2.41 bits per heavy atom. The zero-order valence-corrected chi connectivity index (χ0v) is 13.9. The van der Waals surface area contributed by atoms with Gasteiger partial charge in [-0.25, -0.2) is 0 Å². The number of benzene rings is 1. The van der Waals surface area contributed by atoms with Gasteiger partial charge in [-0.3, -0.25) is 0 Å². The van der Waals surface area contributed by atoms with Crippen molar-refractivity contribution in [1.82, 2.24) is 0 Å². The molecule has 0 spiro atoms. The maximum Gasteiger partial charge on any atom is 0.132 e. The number of quaternary nitrogens is 1. The van der Waals surface area contributed by atoms with Crippen molar-refractivity contribution in [3.63, 3.8) is 0 Å². The number of nitrogens with zero attached hydrogens (tertiary/aromatic N) is 1. The van der Waals surface area contributed by atoms with Gasteiger partial charge in [-0.2, -0.15) is 0 Å². The molecule has 3 heteroatoms. The number of aliphatic hydroxyl groups is 1. The average molecular weight is 314 g/mol. The minimum absolute atomic E-state index is 0.320. The SMILES string of the molecule is C[N+]12CCC(CC1)[C@H]([C@](O)(c1ccccc1)c1cccs1)C2. The van der Waals surface area contributed by atoms with Gasteiger partial charge in [-0.15, -0.1) is 11.3 Å². The molecule has 1 N–H and O–H groups in total. The van der Waals surface area contributed by atoms with E-state index < -0.39 is 5.60 Å². The van der Waals surface area contributed by atoms with E-state index in [1.54, 1.807) is 11.3 Å². The molecular weight excluding hydrogens is 290 g/mol. The fourth-order valence-corrected chi connectivity index (χ4v) is 5.53. The van der Waals surface area contributed by atoms with Gasteiger partial charge in [0.1, 0.15) is 5.60 Å². The molecule has 3 aliphatic rings. The zero-order chi connectivity index (χ0) is 15.2. The highest BCUT2D eigenvalue weighted by Crippen LogP contribution is 2.49. The van der Waals surface area contributed by atoms with Gasteiger partial charge in [-0.1, -0.05) is 36.4 Å². The summed E-state index contributed by atoms with van der Waals surface area (Å²) in [5, 5.41) is 14.0. The van der Waals surface area contributed by atoms with E-state index in [0.29, 0.717) is 11.8 Å². The lowest BCUT2D eigenvalue weighted by atomic mass is 9.66. The van der Waals surface area contributed by atoms with Crippen molar-refractivity contribution in [2.75, 3.05) is 26.7 Å². The molecule has 3 saturated heterocycles. The van der Waals surface area contributed by atoms with Gasteiger partial charge in [-0.05, 0) is 22.9 Å². The molecule has 1 aromatic heterocycles. The van der Waals surface area contributed by atoms with E-state index >= 15 is 0 Å². The van der Waals surface area contributed by atoms with Crippen LogP contribution in [0.15, 0.2) is 47.8 Å². The lowest BCUT2D eigenvalue weighted by Crippen LogP contribution is -2.63. The molecule has 0 unspecified atom stereocenters. The number of thiophene rings is 1. The Labute approximate surface area is 136 Å². The summed E-state index contributed by atoms with van der Waals surface area (Å²) in [6, 6.07) is 14.5. The second-order valence-electron chi connectivity index (χ2n) is 7.30. The Kier molecular flexibility index (Phi) is 3.40. The smallest absolute Gasteiger partial charge is 0.132 e. The molecule has 3 aliphatic heterocycles. The van der Waals surface area contributed by atoms with Gasteiger partial charge in [0.15, 0.2) is 0 Å². The van der Waals surface area contributed by atoms with Crippen LogP contribution in [0.5, 0.6) is 0 Å². The van der Waals surface area contributed by atoms with Gasteiger partial charge >= 0.3 is 0 Å². The third-order valence-corrected chi connectivity index (χ3v) is 6.93. The first kappa shape index (κ1) is 14.4. The van der Waals surface area contributed by atoms with Crippen molar-refractivity contribution in [3.8, 4) is 0 Å². The molecule has 0 aliphatic carbocycles. The van der Waals surface area contributed by atoms with Gasteiger partial charge in [0.25, 0.3) is 0 Å². The number of hydrogen-bond donors (Lipinski definition) is 1. The summed E-state index contributed by atoms with van der Waals surface area (Å²) in [6.07, 6.45) is 2.50. The summed E-state index contributed by atoms with van der Waals surface area (Å²) in [4.78, 5) is 1.10. The van der Waals surface area contributed by atoms with Crippen LogP contribution in [0.4, 0.5) is 0 Å². The maximum absolute atomic E-state index is 11.9. The largest absolute Gasteiger partial charge is 0.379 e. The second-order valence-corrected chi connectivity index (χ2v) is 8.25. The van der Waals surface area contributed by atoms with Crippen molar-refractivity contribution >= 4 is 11.3 Å². The molecule has 2 nitrogen and oxygen atoms in total. The van der Waals surface area contributed by atoms with Crippen molar-refractivity contribution in [3.05, 3.63) is 58.3 Å². The van der Waals surface area contributed by atoms with Gasteiger partial charge in [0, 0.05) is 23.6 Å². The predicted molar refractivity (Wildman–Crippen MR) is 90.8 cm³/mol. The summed E-state index contributed by atoms with van der Waals surface area (Å²) in [6.45, 7) is 3.64. The van der Waals surface area contributed by atoms with Crippen molar-refractivity contribution in [1.29, 1.82) is 0 Å². The van der Waals surface area contributed by atoms with Crippen LogP contribution in [0.25, 0.3) is 0 Å². The van der Waals surface area contributed by atoms with Crippen LogP contribution in [-0.4, -0.2) is 36.3 Å². The summed E-state index contributed by atoms with van der Waals surface area (Å²) in [7, 11) is 2.36. The van der Waals surface area contributed by atoms with E-state index in [1.165, 1.54) is 25.9 Å². The summed E-state index contributed by atoms with van der Waals surface area (Å²) < 4.78 is 1.13. The molecule has 0 saturated carbocycles. The van der Waals surface area contributed by atoms with E-state index in [2.05, 4.69) is 36.7 Å². The molecule has 3 fully saturated rings. The molecule has 5 rings (SSSR count). The van der Waals surface area contributed by atoms with E-state index in [-0.39, 0.29) is 0 Å². The van der Waals surface area contributed by atoms with E-state index in [4.69, 9.17) is 0 Å². The monoisotopic (exact) mass is 314 g/mol. The lowest BCUT2D eigenvalue weighted by Gasteiger charge is -2.54. The van der Waals surface area contributed by atoms with Crippen LogP contribution in [0, 0.1) is 11.8 Å². The molecule has 2 atom stereocenters. The zero-order valence-electron chi connectivity index (χ0n) is 13.1. The Morgan fingerprint density at radius 1 is 1.09 bits per heavy atom. The molecule has 0 radical (unpaired) electrons. The van der Waals surface area contributed by atoms with Crippen LogP contribution >= 0.6 is 11.3 Å². The summed E-state index contributed by atoms with van der Waals surface area (Å²) in [5.74, 6) is 0.966. The lowest BCUT2D eigenvalue weighted by molar-refractivity contribution is -0.930. The Balaban J connectivity index is 1.82. The third kappa shape index (κ3) is 2.15. The fourth-order valence-electron chi connectivity index (χ4n) is 4.62. The third-order valence-electron chi connectivity index (χ3n) is 5.93. The highest BCUT2D eigenvalue weighted by atomic mass is 32.1. The molecule has 0 amide bonds. The van der Waals surface area contributed by atoms with E-state index in [9.17, 15) is 5.11 Å². The van der Waals surface area contributed by atoms with Crippen molar-refractivity contribution in [2.45, 2.75) is 18.4 Å². The molecule has 4 heterocycles. The van der Waals surface area contributed by atoms with Crippen LogP contribution in [0.1, 0.15) is 23.3 Å². The molecule has 116 valence electrons. The molecule has 2 aromatic rings. The number of piperidine rings is 3. The highest BCUT2D eigenvalue weighted by molar-refractivity contribution is 7.10. The van der Waals surface area contributed by atoms with Gasteiger partial charge < -0.3 is 9.59 Å². The van der Waals surface area contributed by atoms with Crippen LogP contribution in [0.2, 0.25) is 0 Å². The first-order chi connectivity index (χ1) is 10.6. The highest BCUT2D eigenvalue weighted by Gasteiger charge is 2.54. The first-order valence-electron chi connectivity index (χ1n) is 8.27. The van der Waals surface area contributed by atoms with E-state index in [1.807, 2.05) is 18.2 Å². The molecule has 22 heavy (non-hydrogen) atoms. The van der Waals surface area contributed by atoms with Gasteiger partial charge in [0.2, 0.25) is 0 Å². The number of rotatable bonds is 3. The summed E-state index contributed by atoms with van der Waals surface area (Å²) >= 11 is 1.69. The van der Waals surface area contributed by atoms with Crippen molar-refractivity contribution in [2.24, 2.45) is 11.8 Å². The quantitative estimate of drug-likeness (QED) is 0.860. The average Bonchev–Trinajstić information content (AvgIpc) is 3.10. The normalized spacial score (nSPS) is 33.5. The number of fused-ring (bicyclic) bond motifs is 3. The van der Waals surface area contributed by atoms with Crippen LogP contribution in [0.3, 0.4) is 0 Å². The molecule has 2 bridgehead atoms. The molecule has 1 aromatic carbocycles. The standard InChI is InChI=1S/C19H24NOS/c1-20-11-9-15(10-12-20)17(14-20)19(21,18-8-5-13-22-18)16-6-3-2-4-7-16/h2-8,13,15,17,21H,9-12,14H2,1H3/q+1/t15?,17-,19-,20?/m1/s1. The maximum atomic E-state index is 11.9. The summed E-state index contributed by atoms with van der Waals surface area (Å²) in [5.41, 5.74) is 0.225. The predicted octanol–water partition coefficient (Wildman–Crippen LogP) is 3.47. The van der Waals surface area contributed by atoms with Crippen molar-refractivity contribution < 1.29 is 9.59 Å².